The molecule has 14 nitrogen and oxygen atoms in total. The highest BCUT2D eigenvalue weighted by atomic mass is 79.9. The van der Waals surface area contributed by atoms with Crippen molar-refractivity contribution in [2.24, 2.45) is 0 Å². The van der Waals surface area contributed by atoms with E-state index in [-0.39, 0.29) is 16.9 Å². The van der Waals surface area contributed by atoms with Crippen molar-refractivity contribution in [3.63, 3.8) is 0 Å². The number of pyridine rings is 1. The van der Waals surface area contributed by atoms with E-state index in [1.807, 2.05) is 19.1 Å². The number of hydrogen-bond acceptors (Lipinski definition) is 12. The number of nitrogens with one attached hydrogen (secondary N) is 1. The maximum absolute atomic E-state index is 12.4. The van der Waals surface area contributed by atoms with Gasteiger partial charge in [-0.1, -0.05) is 63.6 Å². The van der Waals surface area contributed by atoms with Gasteiger partial charge in [0.2, 0.25) is 14.7 Å². The Kier molecular flexibility index (Phi) is 18.6. The Hall–Kier alpha value is -4.84. The zero-order valence-corrected chi connectivity index (χ0v) is 35.9. The molecule has 0 saturated carbocycles. The molecular formula is C39H41BrN4O10P3+. The second kappa shape index (κ2) is 22.8. The van der Waals surface area contributed by atoms with E-state index in [9.17, 15) is 33.0 Å². The largest absolute Gasteiger partial charge is 0.504 e. The van der Waals surface area contributed by atoms with Crippen LogP contribution in [0.3, 0.4) is 0 Å². The Bertz CT molecular complexity index is 2370. The van der Waals surface area contributed by atoms with E-state index in [4.69, 9.17) is 9.05 Å². The molecule has 2 N–H and O–H groups in total. The molecule has 0 spiro atoms. The lowest BCUT2D eigenvalue weighted by Crippen LogP contribution is -2.11. The summed E-state index contributed by atoms with van der Waals surface area (Å²) in [6.07, 6.45) is 4.61. The van der Waals surface area contributed by atoms with E-state index in [0.717, 1.165) is 17.0 Å². The highest BCUT2D eigenvalue weighted by Gasteiger charge is 2.18. The van der Waals surface area contributed by atoms with Gasteiger partial charge >= 0.3 is 8.03 Å². The Labute approximate surface area is 339 Å². The smallest absolute Gasteiger partial charge is 0.355 e. The average Bonchev–Trinajstić information content (AvgIpc) is 3.69. The van der Waals surface area contributed by atoms with Crippen molar-refractivity contribution in [3.05, 3.63) is 135 Å². The van der Waals surface area contributed by atoms with Crippen molar-refractivity contribution in [3.8, 4) is 34.1 Å². The van der Waals surface area contributed by atoms with Crippen LogP contribution in [0.25, 0.3) is 34.1 Å². The average molecular weight is 899 g/mol. The van der Waals surface area contributed by atoms with Crippen molar-refractivity contribution < 1.29 is 41.7 Å². The van der Waals surface area contributed by atoms with Crippen LogP contribution >= 0.6 is 38.7 Å². The Morgan fingerprint density at radius 3 is 1.91 bits per heavy atom. The first-order valence-electron chi connectivity index (χ1n) is 17.0. The van der Waals surface area contributed by atoms with Gasteiger partial charge in [0, 0.05) is 63.6 Å². The number of nitrogens with zero attached hydrogens (tertiary/aromatic N) is 3. The SMILES string of the molecule is CCOP(C)(=O)c1ccc(C=O)cc1.CCO[P+](C)=O.CP(=O)(O)c1ccc(-c2cc(-c3cnc(-c4ccccn4)[nH]c3=O)on2)cc1.O=Cc1ccc(Br)cc1. The fraction of sp³-hybridized carbons (Fsp3) is 0.179. The summed E-state index contributed by atoms with van der Waals surface area (Å²) < 4.78 is 49.6. The standard InChI is InChI=1S/C19H15N4O4P.C10H13O3P.C7H5BrO.C3H8O2P/c1-28(25,26)13-7-5-12(6-8-13)16-10-17(27-23-16)14-11-21-18(22-19(14)24)15-4-2-3-9-20-15;1-3-13-14(2,12)10-6-4-9(8-11)5-7-10;8-7-3-1-6(5-9)2-4-7;1-3-5-6(2)4/h2-11H,1H3,(H,25,26)(H,21,22,24);4-8H,3H2,1-2H3;1-5H;3H2,1-2H3/q;;;+1. The van der Waals surface area contributed by atoms with Crippen molar-refractivity contribution in [1.29, 1.82) is 0 Å². The van der Waals surface area contributed by atoms with Gasteiger partial charge in [0.1, 0.15) is 29.5 Å². The maximum Gasteiger partial charge on any atom is 0.504 e. The lowest BCUT2D eigenvalue weighted by molar-refractivity contribution is 0.111. The van der Waals surface area contributed by atoms with Gasteiger partial charge in [-0.3, -0.25) is 28.5 Å². The molecule has 3 unspecified atom stereocenters. The van der Waals surface area contributed by atoms with Crippen LogP contribution < -0.4 is 16.2 Å². The number of benzene rings is 3. The highest BCUT2D eigenvalue weighted by Crippen LogP contribution is 2.40. The minimum atomic E-state index is -3.31. The minimum Gasteiger partial charge on any atom is -0.355 e. The molecule has 0 bridgehead atoms. The number of halogens is 1. The molecule has 6 rings (SSSR count). The molecule has 0 amide bonds. The van der Waals surface area contributed by atoms with Gasteiger partial charge in [0.05, 0.1) is 13.2 Å². The summed E-state index contributed by atoms with van der Waals surface area (Å²) in [4.78, 5) is 53.6. The van der Waals surface area contributed by atoms with Crippen molar-refractivity contribution in [2.45, 2.75) is 13.8 Å². The topological polar surface area (TPSA) is 209 Å². The molecule has 6 aromatic rings. The summed E-state index contributed by atoms with van der Waals surface area (Å²) >= 11 is 3.26. The summed E-state index contributed by atoms with van der Waals surface area (Å²) in [6, 6.07) is 27.2. The number of rotatable bonds is 11. The van der Waals surface area contributed by atoms with Crippen LogP contribution in [0.4, 0.5) is 0 Å². The number of carbonyl (C=O) groups is 2. The second-order valence-corrected chi connectivity index (χ2v) is 18.5. The molecule has 0 fully saturated rings. The van der Waals surface area contributed by atoms with Crippen LogP contribution in [0, 0.1) is 0 Å². The lowest BCUT2D eigenvalue weighted by Gasteiger charge is -2.12. The number of H-pyrrole nitrogens is 1. The fourth-order valence-electron chi connectivity index (χ4n) is 4.52. The second-order valence-electron chi connectivity index (χ2n) is 11.7. The number of aldehydes is 2. The Morgan fingerprint density at radius 1 is 0.842 bits per heavy atom. The normalized spacial score (nSPS) is 12.7. The lowest BCUT2D eigenvalue weighted by atomic mass is 10.1. The predicted molar refractivity (Wildman–Crippen MR) is 226 cm³/mol. The zero-order chi connectivity index (χ0) is 42.0. The Morgan fingerprint density at radius 2 is 1.44 bits per heavy atom. The zero-order valence-electron chi connectivity index (χ0n) is 31.6. The van der Waals surface area contributed by atoms with Gasteiger partial charge in [-0.05, 0) is 66.9 Å². The molecule has 298 valence electrons. The van der Waals surface area contributed by atoms with Crippen molar-refractivity contribution in [2.75, 3.05) is 33.2 Å². The van der Waals surface area contributed by atoms with Gasteiger partial charge in [0.15, 0.2) is 18.2 Å². The van der Waals surface area contributed by atoms with Crippen LogP contribution in [0.1, 0.15) is 34.6 Å². The first-order valence-corrected chi connectivity index (χ1v) is 23.6. The van der Waals surface area contributed by atoms with Gasteiger partial charge in [-0.15, -0.1) is 4.52 Å². The quantitative estimate of drug-likeness (QED) is 0.0926. The number of carbonyl (C=O) groups excluding carboxylic acids is 2. The molecule has 3 heterocycles. The molecule has 0 saturated heterocycles. The summed E-state index contributed by atoms with van der Waals surface area (Å²) in [7, 11) is -7.35. The maximum atomic E-state index is 12.4. The number of hydrogen-bond donors (Lipinski definition) is 2. The van der Waals surface area contributed by atoms with E-state index >= 15 is 0 Å². The number of aromatic nitrogens is 4. The highest BCUT2D eigenvalue weighted by molar-refractivity contribution is 9.10. The third kappa shape index (κ3) is 15.2. The summed E-state index contributed by atoms with van der Waals surface area (Å²) in [5.74, 6) is 0.626. The molecule has 3 aromatic carbocycles. The van der Waals surface area contributed by atoms with E-state index in [2.05, 4.69) is 40.6 Å². The van der Waals surface area contributed by atoms with Crippen LogP contribution in [0.2, 0.25) is 0 Å². The molecule has 0 aliphatic rings. The van der Waals surface area contributed by atoms with Gasteiger partial charge < -0.3 is 18.9 Å². The van der Waals surface area contributed by atoms with E-state index < -0.39 is 22.8 Å². The minimum absolute atomic E-state index is 0.239. The molecule has 57 heavy (non-hydrogen) atoms. The van der Waals surface area contributed by atoms with Crippen LogP contribution in [-0.4, -0.2) is 70.8 Å². The summed E-state index contributed by atoms with van der Waals surface area (Å²) in [5, 5.41) is 4.97. The first-order chi connectivity index (χ1) is 27.1. The molecule has 0 aliphatic carbocycles. The summed E-state index contributed by atoms with van der Waals surface area (Å²) in [5.41, 5.74) is 2.90. The molecule has 3 aromatic heterocycles. The predicted octanol–water partition coefficient (Wildman–Crippen LogP) is 8.40. The Balaban J connectivity index is 0.000000248. The third-order valence-corrected chi connectivity index (χ3v) is 11.7. The monoisotopic (exact) mass is 897 g/mol. The van der Waals surface area contributed by atoms with Crippen molar-refractivity contribution in [1.82, 2.24) is 20.1 Å². The third-order valence-electron chi connectivity index (χ3n) is 7.32. The molecule has 0 radical (unpaired) electrons. The van der Waals surface area contributed by atoms with E-state index in [0.29, 0.717) is 57.7 Å². The van der Waals surface area contributed by atoms with Crippen LogP contribution in [-0.2, 0) is 22.7 Å². The molecule has 3 atom stereocenters. The van der Waals surface area contributed by atoms with Gasteiger partial charge in [-0.25, -0.2) is 4.98 Å². The van der Waals surface area contributed by atoms with E-state index in [1.165, 1.54) is 12.9 Å². The fourth-order valence-corrected chi connectivity index (χ4v) is 7.18. The summed E-state index contributed by atoms with van der Waals surface area (Å²) in [6.45, 7) is 8.98. The van der Waals surface area contributed by atoms with Gasteiger partial charge in [-0.2, -0.15) is 0 Å². The first kappa shape index (κ1) is 46.5. The van der Waals surface area contributed by atoms with Crippen LogP contribution in [0.5, 0.6) is 0 Å². The van der Waals surface area contributed by atoms with Crippen molar-refractivity contribution >= 4 is 61.9 Å². The number of aromatic amines is 1. The van der Waals surface area contributed by atoms with Crippen LogP contribution in [0.15, 0.2) is 123 Å². The molecule has 0 aliphatic heterocycles. The van der Waals surface area contributed by atoms with E-state index in [1.54, 1.807) is 111 Å². The van der Waals surface area contributed by atoms with Gasteiger partial charge in [0.25, 0.3) is 5.56 Å². The molecular weight excluding hydrogens is 857 g/mol. The molecule has 18 heteroatoms.